The molecule has 3 rings (SSSR count). The molecule has 39 heavy (non-hydrogen) atoms. The van der Waals surface area contributed by atoms with Crippen LogP contribution in [0.5, 0.6) is 17.2 Å². The van der Waals surface area contributed by atoms with Crippen LogP contribution < -0.4 is 23.8 Å². The number of methoxy groups -OCH3 is 3. The van der Waals surface area contributed by atoms with Crippen molar-refractivity contribution in [1.82, 2.24) is 5.32 Å². The van der Waals surface area contributed by atoms with Crippen LogP contribution in [0.2, 0.25) is 5.02 Å². The first-order valence-electron chi connectivity index (χ1n) is 11.5. The molecule has 10 nitrogen and oxygen atoms in total. The number of sulfone groups is 1. The molecule has 3 aromatic rings. The van der Waals surface area contributed by atoms with Gasteiger partial charge in [0.2, 0.25) is 5.91 Å². The Hall–Kier alpha value is -3.48. The molecule has 0 fully saturated rings. The second-order valence-corrected chi connectivity index (χ2v) is 12.8. The van der Waals surface area contributed by atoms with Crippen molar-refractivity contribution in [3.63, 3.8) is 0 Å². The third-order valence-electron chi connectivity index (χ3n) is 5.83. The Kier molecular flexibility index (Phi) is 9.36. The van der Waals surface area contributed by atoms with E-state index in [4.69, 9.17) is 25.8 Å². The number of carbonyl (C=O) groups is 1. The maximum atomic E-state index is 13.9. The van der Waals surface area contributed by atoms with Gasteiger partial charge in [0.1, 0.15) is 12.3 Å². The summed E-state index contributed by atoms with van der Waals surface area (Å²) < 4.78 is 68.0. The second kappa shape index (κ2) is 12.1. The van der Waals surface area contributed by atoms with E-state index < -0.39 is 38.4 Å². The van der Waals surface area contributed by atoms with Gasteiger partial charge in [-0.1, -0.05) is 23.7 Å². The van der Waals surface area contributed by atoms with Crippen LogP contribution in [0.3, 0.4) is 0 Å². The molecule has 1 atom stereocenters. The monoisotopic (exact) mass is 596 g/mol. The summed E-state index contributed by atoms with van der Waals surface area (Å²) in [7, 11) is -3.55. The lowest BCUT2D eigenvalue weighted by molar-refractivity contribution is -0.120. The maximum absolute atomic E-state index is 13.9. The molecule has 0 heterocycles. The van der Waals surface area contributed by atoms with Gasteiger partial charge in [-0.3, -0.25) is 9.10 Å². The zero-order valence-corrected chi connectivity index (χ0v) is 24.4. The summed E-state index contributed by atoms with van der Waals surface area (Å²) in [5.41, 5.74) is 0.686. The minimum absolute atomic E-state index is 0.0556. The van der Waals surface area contributed by atoms with E-state index in [2.05, 4.69) is 5.32 Å². The first-order valence-corrected chi connectivity index (χ1v) is 15.2. The third-order valence-corrected chi connectivity index (χ3v) is 8.94. The van der Waals surface area contributed by atoms with Crippen molar-refractivity contribution >= 4 is 43.1 Å². The van der Waals surface area contributed by atoms with Crippen LogP contribution in [0.1, 0.15) is 18.5 Å². The van der Waals surface area contributed by atoms with Crippen molar-refractivity contribution in [3.05, 3.63) is 71.2 Å². The predicted octanol–water partition coefficient (Wildman–Crippen LogP) is 3.84. The third kappa shape index (κ3) is 6.94. The summed E-state index contributed by atoms with van der Waals surface area (Å²) in [6.07, 6.45) is 1.10. The Bertz CT molecular complexity index is 1560. The molecule has 1 unspecified atom stereocenters. The largest absolute Gasteiger partial charge is 0.495 e. The van der Waals surface area contributed by atoms with E-state index >= 15 is 0 Å². The Morgan fingerprint density at radius 2 is 1.41 bits per heavy atom. The average Bonchev–Trinajstić information content (AvgIpc) is 2.90. The van der Waals surface area contributed by atoms with Crippen molar-refractivity contribution in [2.45, 2.75) is 22.8 Å². The molecular formula is C26H29ClN2O8S2. The molecule has 1 N–H and O–H groups in total. The number of halogens is 1. The minimum atomic E-state index is -4.35. The highest BCUT2D eigenvalue weighted by molar-refractivity contribution is 7.93. The molecule has 0 saturated carbocycles. The molecule has 0 aromatic heterocycles. The van der Waals surface area contributed by atoms with E-state index in [9.17, 15) is 21.6 Å². The minimum Gasteiger partial charge on any atom is -0.495 e. The smallest absolute Gasteiger partial charge is 0.265 e. The summed E-state index contributed by atoms with van der Waals surface area (Å²) in [4.78, 5) is 13.2. The van der Waals surface area contributed by atoms with Crippen molar-refractivity contribution < 1.29 is 35.8 Å². The molecule has 0 aliphatic carbocycles. The number of rotatable bonds is 11. The molecule has 210 valence electrons. The molecule has 0 aliphatic heterocycles. The molecule has 0 spiro atoms. The zero-order valence-electron chi connectivity index (χ0n) is 22.0. The first kappa shape index (κ1) is 30.1. The maximum Gasteiger partial charge on any atom is 0.265 e. The number of anilines is 1. The summed E-state index contributed by atoms with van der Waals surface area (Å²) in [6.45, 7) is 1.08. The highest BCUT2D eigenvalue weighted by Crippen LogP contribution is 2.37. The molecule has 0 saturated heterocycles. The van der Waals surface area contributed by atoms with Gasteiger partial charge >= 0.3 is 0 Å². The molecule has 0 aliphatic rings. The van der Waals surface area contributed by atoms with Gasteiger partial charge in [0.25, 0.3) is 10.0 Å². The number of hydrogen-bond acceptors (Lipinski definition) is 8. The fourth-order valence-electron chi connectivity index (χ4n) is 3.77. The Labute approximate surface area is 233 Å². The lowest BCUT2D eigenvalue weighted by Gasteiger charge is -2.27. The van der Waals surface area contributed by atoms with Gasteiger partial charge in [-0.2, -0.15) is 0 Å². The van der Waals surface area contributed by atoms with Gasteiger partial charge < -0.3 is 19.5 Å². The molecule has 1 amide bonds. The van der Waals surface area contributed by atoms with Crippen LogP contribution in [0, 0.1) is 0 Å². The predicted molar refractivity (Wildman–Crippen MR) is 148 cm³/mol. The standard InChI is InChI=1S/C26H29ClN2O8S2/c1-17(18-6-9-20(10-7-18)38(5,31)32)28-26(30)16-29(22-14-19(27)8-12-23(22)35-2)39(33,34)21-11-13-24(36-3)25(15-21)37-4/h6-15,17H,16H2,1-5H3,(H,28,30). The van der Waals surface area contributed by atoms with E-state index in [1.165, 1.54) is 69.9 Å². The van der Waals surface area contributed by atoms with Crippen molar-refractivity contribution in [2.75, 3.05) is 38.4 Å². The Morgan fingerprint density at radius 3 is 1.97 bits per heavy atom. The zero-order chi connectivity index (χ0) is 29.0. The summed E-state index contributed by atoms with van der Waals surface area (Å²) >= 11 is 6.19. The van der Waals surface area contributed by atoms with Gasteiger partial charge in [0.05, 0.1) is 42.8 Å². The highest BCUT2D eigenvalue weighted by atomic mass is 35.5. The van der Waals surface area contributed by atoms with Gasteiger partial charge in [0.15, 0.2) is 21.3 Å². The fraction of sp³-hybridized carbons (Fsp3) is 0.269. The molecular weight excluding hydrogens is 568 g/mol. The van der Waals surface area contributed by atoms with E-state index in [1.54, 1.807) is 19.1 Å². The van der Waals surface area contributed by atoms with E-state index in [1.807, 2.05) is 0 Å². The van der Waals surface area contributed by atoms with Crippen LogP contribution in [0.15, 0.2) is 70.5 Å². The van der Waals surface area contributed by atoms with E-state index in [-0.39, 0.29) is 32.0 Å². The number of benzene rings is 3. The van der Waals surface area contributed by atoms with Crippen molar-refractivity contribution in [3.8, 4) is 17.2 Å². The lowest BCUT2D eigenvalue weighted by atomic mass is 10.1. The van der Waals surface area contributed by atoms with Gasteiger partial charge in [-0.25, -0.2) is 16.8 Å². The average molecular weight is 597 g/mol. The van der Waals surface area contributed by atoms with Crippen LogP contribution in [0.4, 0.5) is 5.69 Å². The van der Waals surface area contributed by atoms with Crippen molar-refractivity contribution in [1.29, 1.82) is 0 Å². The van der Waals surface area contributed by atoms with Crippen LogP contribution >= 0.6 is 11.6 Å². The second-order valence-electron chi connectivity index (χ2n) is 8.48. The number of carbonyl (C=O) groups excluding carboxylic acids is 1. The lowest BCUT2D eigenvalue weighted by Crippen LogP contribution is -2.41. The molecule has 0 bridgehead atoms. The number of sulfonamides is 1. The summed E-state index contributed by atoms with van der Waals surface area (Å²) in [5.74, 6) is 0.0745. The summed E-state index contributed by atoms with van der Waals surface area (Å²) in [5, 5.41) is 2.99. The topological polar surface area (TPSA) is 128 Å². The summed E-state index contributed by atoms with van der Waals surface area (Å²) in [6, 6.07) is 14.0. The van der Waals surface area contributed by atoms with Gasteiger partial charge in [-0.05, 0) is 55.0 Å². The number of hydrogen-bond donors (Lipinski definition) is 1. The van der Waals surface area contributed by atoms with Crippen LogP contribution in [0.25, 0.3) is 0 Å². The van der Waals surface area contributed by atoms with Crippen LogP contribution in [-0.2, 0) is 24.7 Å². The molecule has 13 heteroatoms. The quantitative estimate of drug-likeness (QED) is 0.354. The molecule has 0 radical (unpaired) electrons. The number of ether oxygens (including phenoxy) is 3. The Morgan fingerprint density at radius 1 is 0.846 bits per heavy atom. The number of amides is 1. The SMILES string of the molecule is COc1ccc(S(=O)(=O)N(CC(=O)NC(C)c2ccc(S(C)(=O)=O)cc2)c2cc(Cl)ccc2OC)cc1OC. The first-order chi connectivity index (χ1) is 18.3. The van der Waals surface area contributed by atoms with Gasteiger partial charge in [-0.15, -0.1) is 0 Å². The van der Waals surface area contributed by atoms with E-state index in [0.29, 0.717) is 11.3 Å². The normalized spacial score (nSPS) is 12.4. The molecule has 3 aromatic carbocycles. The highest BCUT2D eigenvalue weighted by Gasteiger charge is 2.31. The van der Waals surface area contributed by atoms with Gasteiger partial charge in [0, 0.05) is 17.3 Å². The number of nitrogens with zero attached hydrogens (tertiary/aromatic N) is 1. The fourth-order valence-corrected chi connectivity index (χ4v) is 6.00. The number of nitrogens with one attached hydrogen (secondary N) is 1. The van der Waals surface area contributed by atoms with Crippen LogP contribution in [-0.4, -0.2) is 56.9 Å². The van der Waals surface area contributed by atoms with Crippen molar-refractivity contribution in [2.24, 2.45) is 0 Å². The van der Waals surface area contributed by atoms with E-state index in [0.717, 1.165) is 10.6 Å². The Balaban J connectivity index is 1.99.